The van der Waals surface area contributed by atoms with Gasteiger partial charge < -0.3 is 10.4 Å². The number of carboxylic acid groups (broad SMARTS) is 1. The summed E-state index contributed by atoms with van der Waals surface area (Å²) in [6.45, 7) is 0.308. The lowest BCUT2D eigenvalue weighted by Crippen LogP contribution is -2.27. The van der Waals surface area contributed by atoms with E-state index in [0.717, 1.165) is 0 Å². The van der Waals surface area contributed by atoms with Crippen molar-refractivity contribution in [3.05, 3.63) is 29.6 Å². The molecule has 1 aromatic heterocycles. The number of aromatic carboxylic acids is 1. The normalized spacial score (nSPS) is 11.8. The van der Waals surface area contributed by atoms with Crippen LogP contribution in [-0.4, -0.2) is 44.7 Å². The van der Waals surface area contributed by atoms with E-state index in [2.05, 4.69) is 10.3 Å². The van der Waals surface area contributed by atoms with Gasteiger partial charge in [-0.25, -0.2) is 9.78 Å². The van der Waals surface area contributed by atoms with Gasteiger partial charge in [0.25, 0.3) is 5.91 Å². The minimum Gasteiger partial charge on any atom is -0.477 e. The van der Waals surface area contributed by atoms with Crippen LogP contribution in [0.25, 0.3) is 0 Å². The standard InChI is InChI=1S/C10H12N2O4S/c1-17(16)5-4-11-9(13)7-2-3-8(10(14)15)12-6-7/h2-3,6H,4-5H2,1H3,(H,11,13)(H,14,15). The predicted molar refractivity (Wildman–Crippen MR) is 62.5 cm³/mol. The Morgan fingerprint density at radius 1 is 1.47 bits per heavy atom. The maximum absolute atomic E-state index is 11.5. The molecule has 0 spiro atoms. The van der Waals surface area contributed by atoms with Gasteiger partial charge in [0.2, 0.25) is 0 Å². The van der Waals surface area contributed by atoms with E-state index in [1.807, 2.05) is 0 Å². The van der Waals surface area contributed by atoms with Crippen molar-refractivity contribution in [2.75, 3.05) is 18.6 Å². The lowest BCUT2D eigenvalue weighted by atomic mass is 10.2. The summed E-state index contributed by atoms with van der Waals surface area (Å²) in [6, 6.07) is 2.64. The van der Waals surface area contributed by atoms with E-state index in [-0.39, 0.29) is 17.2 Å². The lowest BCUT2D eigenvalue weighted by molar-refractivity contribution is 0.0689. The fourth-order valence-electron chi connectivity index (χ4n) is 1.07. The highest BCUT2D eigenvalue weighted by atomic mass is 32.2. The van der Waals surface area contributed by atoms with Crippen LogP contribution in [0, 0.1) is 0 Å². The number of aromatic nitrogens is 1. The summed E-state index contributed by atoms with van der Waals surface area (Å²) in [7, 11) is -0.956. The zero-order valence-electron chi connectivity index (χ0n) is 9.17. The summed E-state index contributed by atoms with van der Waals surface area (Å²) < 4.78 is 10.8. The Labute approximate surface area is 101 Å². The molecule has 92 valence electrons. The fraction of sp³-hybridized carbons (Fsp3) is 0.300. The van der Waals surface area contributed by atoms with Gasteiger partial charge in [-0.3, -0.25) is 9.00 Å². The Morgan fingerprint density at radius 3 is 2.65 bits per heavy atom. The molecule has 0 aromatic carbocycles. The van der Waals surface area contributed by atoms with Crippen molar-refractivity contribution in [2.24, 2.45) is 0 Å². The molecule has 0 aliphatic carbocycles. The second kappa shape index (κ2) is 6.09. The number of amides is 1. The first-order valence-electron chi connectivity index (χ1n) is 4.78. The third-order valence-corrected chi connectivity index (χ3v) is 2.70. The third-order valence-electron chi connectivity index (χ3n) is 1.92. The molecule has 17 heavy (non-hydrogen) atoms. The topological polar surface area (TPSA) is 96.4 Å². The summed E-state index contributed by atoms with van der Waals surface area (Å²) in [5.41, 5.74) is 0.160. The van der Waals surface area contributed by atoms with Gasteiger partial charge in [0, 0.05) is 35.5 Å². The molecule has 1 atom stereocenters. The molecular weight excluding hydrogens is 244 g/mol. The molecule has 0 bridgehead atoms. The van der Waals surface area contributed by atoms with Crippen LogP contribution in [0.15, 0.2) is 18.3 Å². The number of carbonyl (C=O) groups excluding carboxylic acids is 1. The average Bonchev–Trinajstić information content (AvgIpc) is 2.28. The van der Waals surface area contributed by atoms with Crippen LogP contribution in [0.5, 0.6) is 0 Å². The van der Waals surface area contributed by atoms with Gasteiger partial charge in [0.15, 0.2) is 0 Å². The Hall–Kier alpha value is -1.76. The fourth-order valence-corrected chi connectivity index (χ4v) is 1.45. The molecule has 7 heteroatoms. The number of hydrogen-bond acceptors (Lipinski definition) is 4. The quantitative estimate of drug-likeness (QED) is 0.766. The SMILES string of the molecule is CS(=O)CCNC(=O)c1ccc(C(=O)O)nc1. The number of carbonyl (C=O) groups is 2. The molecule has 0 radical (unpaired) electrons. The highest BCUT2D eigenvalue weighted by Gasteiger charge is 2.08. The molecular formula is C10H12N2O4S. The second-order valence-corrected chi connectivity index (χ2v) is 4.83. The van der Waals surface area contributed by atoms with Gasteiger partial charge in [-0.15, -0.1) is 0 Å². The number of nitrogens with zero attached hydrogens (tertiary/aromatic N) is 1. The van der Waals surface area contributed by atoms with Gasteiger partial charge >= 0.3 is 5.97 Å². The largest absolute Gasteiger partial charge is 0.477 e. The van der Waals surface area contributed by atoms with Gasteiger partial charge in [-0.1, -0.05) is 0 Å². The molecule has 0 aliphatic heterocycles. The van der Waals surface area contributed by atoms with Crippen LogP contribution in [0.1, 0.15) is 20.8 Å². The van der Waals surface area contributed by atoms with Crippen molar-refractivity contribution >= 4 is 22.7 Å². The molecule has 6 nitrogen and oxygen atoms in total. The van der Waals surface area contributed by atoms with E-state index in [1.54, 1.807) is 6.26 Å². The van der Waals surface area contributed by atoms with Crippen molar-refractivity contribution in [3.63, 3.8) is 0 Å². The number of carboxylic acids is 1. The maximum Gasteiger partial charge on any atom is 0.354 e. The van der Waals surface area contributed by atoms with Crippen LogP contribution < -0.4 is 5.32 Å². The second-order valence-electron chi connectivity index (χ2n) is 3.27. The maximum atomic E-state index is 11.5. The van der Waals surface area contributed by atoms with Crippen molar-refractivity contribution in [1.29, 1.82) is 0 Å². The number of hydrogen-bond donors (Lipinski definition) is 2. The molecule has 0 fully saturated rings. The highest BCUT2D eigenvalue weighted by Crippen LogP contribution is 2.00. The first kappa shape index (κ1) is 13.3. The van der Waals surface area contributed by atoms with Crippen molar-refractivity contribution in [1.82, 2.24) is 10.3 Å². The molecule has 1 amide bonds. The first-order valence-corrected chi connectivity index (χ1v) is 6.51. The zero-order valence-corrected chi connectivity index (χ0v) is 9.99. The van der Waals surface area contributed by atoms with E-state index in [1.165, 1.54) is 18.3 Å². The molecule has 1 unspecified atom stereocenters. The van der Waals surface area contributed by atoms with E-state index in [4.69, 9.17) is 5.11 Å². The van der Waals surface area contributed by atoms with E-state index >= 15 is 0 Å². The van der Waals surface area contributed by atoms with Crippen LogP contribution in [0.4, 0.5) is 0 Å². The molecule has 1 heterocycles. The molecule has 1 aromatic rings. The third kappa shape index (κ3) is 4.31. The number of pyridine rings is 1. The van der Waals surface area contributed by atoms with Crippen LogP contribution in [0.3, 0.4) is 0 Å². The lowest BCUT2D eigenvalue weighted by Gasteiger charge is -2.03. The van der Waals surface area contributed by atoms with E-state index in [0.29, 0.717) is 12.3 Å². The van der Waals surface area contributed by atoms with Crippen molar-refractivity contribution in [3.8, 4) is 0 Å². The van der Waals surface area contributed by atoms with Crippen LogP contribution in [0.2, 0.25) is 0 Å². The highest BCUT2D eigenvalue weighted by molar-refractivity contribution is 7.84. The summed E-state index contributed by atoms with van der Waals surface area (Å²) in [5.74, 6) is -1.12. The summed E-state index contributed by atoms with van der Waals surface area (Å²) >= 11 is 0. The van der Waals surface area contributed by atoms with Crippen molar-refractivity contribution in [2.45, 2.75) is 0 Å². The smallest absolute Gasteiger partial charge is 0.354 e. The van der Waals surface area contributed by atoms with Crippen LogP contribution in [-0.2, 0) is 10.8 Å². The van der Waals surface area contributed by atoms with Crippen molar-refractivity contribution < 1.29 is 18.9 Å². The molecule has 2 N–H and O–H groups in total. The van der Waals surface area contributed by atoms with Gasteiger partial charge in [-0.2, -0.15) is 0 Å². The monoisotopic (exact) mass is 256 g/mol. The predicted octanol–water partition coefficient (Wildman–Crippen LogP) is -0.112. The molecule has 0 saturated carbocycles. The minimum atomic E-state index is -1.14. The Morgan fingerprint density at radius 2 is 2.18 bits per heavy atom. The van der Waals surface area contributed by atoms with E-state index < -0.39 is 16.8 Å². The molecule has 0 aliphatic rings. The average molecular weight is 256 g/mol. The van der Waals surface area contributed by atoms with Crippen LogP contribution >= 0.6 is 0 Å². The summed E-state index contributed by atoms with van der Waals surface area (Å²) in [6.07, 6.45) is 2.75. The van der Waals surface area contributed by atoms with Gasteiger partial charge in [0.05, 0.1) is 5.56 Å². The van der Waals surface area contributed by atoms with Gasteiger partial charge in [-0.05, 0) is 12.1 Å². The molecule has 1 rings (SSSR count). The molecule has 0 saturated heterocycles. The Bertz CT molecular complexity index is 444. The van der Waals surface area contributed by atoms with Gasteiger partial charge in [0.1, 0.15) is 5.69 Å². The van der Waals surface area contributed by atoms with E-state index in [9.17, 15) is 13.8 Å². The minimum absolute atomic E-state index is 0.115. The number of nitrogens with one attached hydrogen (secondary N) is 1. The Kier molecular flexibility index (Phi) is 4.77. The summed E-state index contributed by atoms with van der Waals surface area (Å²) in [4.78, 5) is 25.7. The summed E-state index contributed by atoms with van der Waals surface area (Å²) in [5, 5.41) is 11.2. The first-order chi connectivity index (χ1) is 8.00. The Balaban J connectivity index is 2.57. The number of rotatable bonds is 5. The zero-order chi connectivity index (χ0) is 12.8.